The van der Waals surface area contributed by atoms with Gasteiger partial charge >= 0.3 is 16.2 Å². The second kappa shape index (κ2) is 7.95. The van der Waals surface area contributed by atoms with Gasteiger partial charge in [0.2, 0.25) is 0 Å². The lowest BCUT2D eigenvalue weighted by Crippen LogP contribution is -2.25. The smallest absolute Gasteiger partial charge is 0.411 e. The molecule has 0 radical (unpaired) electrons. The molecule has 28 heavy (non-hydrogen) atoms. The van der Waals surface area contributed by atoms with Crippen LogP contribution in [0.25, 0.3) is 0 Å². The fourth-order valence-electron chi connectivity index (χ4n) is 2.36. The third-order valence-corrected chi connectivity index (χ3v) is 5.21. The van der Waals surface area contributed by atoms with Gasteiger partial charge in [-0.25, -0.2) is 4.79 Å². The molecule has 2 amide bonds. The Morgan fingerprint density at radius 2 is 2.11 bits per heavy atom. The number of ether oxygens (including phenoxy) is 2. The van der Waals surface area contributed by atoms with Crippen LogP contribution in [-0.2, 0) is 19.6 Å². The highest BCUT2D eigenvalue weighted by atomic mass is 35.5. The van der Waals surface area contributed by atoms with Crippen molar-refractivity contribution >= 4 is 45.1 Å². The zero-order chi connectivity index (χ0) is 20.3. The highest BCUT2D eigenvalue weighted by Crippen LogP contribution is 2.36. The monoisotopic (exact) mass is 426 g/mol. The van der Waals surface area contributed by atoms with Gasteiger partial charge in [0.25, 0.3) is 5.91 Å². The number of hydrogen-bond acceptors (Lipinski definition) is 7. The van der Waals surface area contributed by atoms with Crippen molar-refractivity contribution in [2.45, 2.75) is 11.8 Å². The maximum atomic E-state index is 12.6. The van der Waals surface area contributed by atoms with E-state index in [1.807, 2.05) is 0 Å². The van der Waals surface area contributed by atoms with E-state index < -0.39 is 16.2 Å². The van der Waals surface area contributed by atoms with Crippen LogP contribution in [-0.4, -0.2) is 33.6 Å². The van der Waals surface area contributed by atoms with Crippen molar-refractivity contribution in [1.29, 1.82) is 0 Å². The Morgan fingerprint density at radius 1 is 1.32 bits per heavy atom. The minimum Gasteiger partial charge on any atom is -0.482 e. The zero-order valence-corrected chi connectivity index (χ0v) is 16.1. The number of benzene rings is 2. The van der Waals surface area contributed by atoms with E-state index >= 15 is 0 Å². The largest absolute Gasteiger partial charge is 0.482 e. The number of amides is 2. The van der Waals surface area contributed by atoms with Crippen LogP contribution in [0.15, 0.2) is 41.3 Å². The third-order valence-electron chi connectivity index (χ3n) is 3.50. The van der Waals surface area contributed by atoms with Gasteiger partial charge in [-0.2, -0.15) is 8.42 Å². The van der Waals surface area contributed by atoms with Gasteiger partial charge in [0, 0.05) is 17.8 Å². The summed E-state index contributed by atoms with van der Waals surface area (Å²) >= 11 is 6.05. The number of halogens is 1. The van der Waals surface area contributed by atoms with Gasteiger partial charge in [0.1, 0.15) is 16.4 Å². The van der Waals surface area contributed by atoms with Crippen LogP contribution < -0.4 is 19.6 Å². The summed E-state index contributed by atoms with van der Waals surface area (Å²) in [6, 6.07) is 8.20. The van der Waals surface area contributed by atoms with Gasteiger partial charge in [-0.1, -0.05) is 17.7 Å². The molecule has 0 unspecified atom stereocenters. The highest BCUT2D eigenvalue weighted by Gasteiger charge is 2.26. The van der Waals surface area contributed by atoms with Gasteiger partial charge in [-0.15, -0.1) is 0 Å². The lowest BCUT2D eigenvalue weighted by Gasteiger charge is -2.19. The minimum absolute atomic E-state index is 0.0442. The Kier molecular flexibility index (Phi) is 5.61. The van der Waals surface area contributed by atoms with E-state index in [2.05, 4.69) is 10.6 Å². The van der Waals surface area contributed by atoms with Crippen molar-refractivity contribution in [2.24, 2.45) is 0 Å². The molecule has 9 nitrogen and oxygen atoms in total. The van der Waals surface area contributed by atoms with Crippen LogP contribution >= 0.6 is 11.6 Å². The topological polar surface area (TPSA) is 120 Å². The van der Waals surface area contributed by atoms with Crippen molar-refractivity contribution in [1.82, 2.24) is 0 Å². The summed E-state index contributed by atoms with van der Waals surface area (Å²) in [6.07, 6.45) is -0.681. The van der Waals surface area contributed by atoms with E-state index in [1.54, 1.807) is 13.0 Å². The van der Waals surface area contributed by atoms with Crippen LogP contribution in [0.4, 0.5) is 16.2 Å². The second-order valence-corrected chi connectivity index (χ2v) is 7.45. The molecular formula is C17H15ClN2O7S. The molecule has 2 aromatic rings. The number of carbonyl (C=O) groups excluding carboxylic acids is 2. The molecule has 1 aliphatic heterocycles. The third kappa shape index (κ3) is 4.46. The maximum Gasteiger partial charge on any atom is 0.411 e. The number of anilines is 2. The first-order chi connectivity index (χ1) is 13.3. The second-order valence-electron chi connectivity index (χ2n) is 5.53. The van der Waals surface area contributed by atoms with E-state index in [-0.39, 0.29) is 51.9 Å². The van der Waals surface area contributed by atoms with Crippen molar-refractivity contribution in [3.05, 3.63) is 41.4 Å². The molecule has 0 fully saturated rings. The van der Waals surface area contributed by atoms with Crippen LogP contribution in [0.3, 0.4) is 0 Å². The molecule has 0 saturated carbocycles. The number of nitrogens with one attached hydrogen (secondary N) is 2. The molecule has 1 aliphatic rings. The van der Waals surface area contributed by atoms with E-state index in [4.69, 9.17) is 25.3 Å². The van der Waals surface area contributed by atoms with Crippen LogP contribution in [0, 0.1) is 0 Å². The number of fused-ring (bicyclic) bond motifs is 1. The summed E-state index contributed by atoms with van der Waals surface area (Å²) in [7, 11) is -4.32. The van der Waals surface area contributed by atoms with Gasteiger partial charge < -0.3 is 19.0 Å². The predicted molar refractivity (Wildman–Crippen MR) is 100 cm³/mol. The first-order valence-corrected chi connectivity index (χ1v) is 9.81. The summed E-state index contributed by atoms with van der Waals surface area (Å²) in [5.41, 5.74) is 0.551. The first kappa shape index (κ1) is 19.8. The summed E-state index contributed by atoms with van der Waals surface area (Å²) in [5, 5.41) is 4.82. The SMILES string of the molecule is CCOC(=O)Nc1cccc(OS(=O)(=O)c2cc3c(cc2Cl)NC(=O)CO3)c1. The minimum atomic E-state index is -4.32. The summed E-state index contributed by atoms with van der Waals surface area (Å²) in [6.45, 7) is 1.61. The first-order valence-electron chi connectivity index (χ1n) is 8.03. The van der Waals surface area contributed by atoms with Crippen molar-refractivity contribution in [2.75, 3.05) is 23.8 Å². The Hall–Kier alpha value is -2.98. The number of rotatable bonds is 5. The average Bonchev–Trinajstić information content (AvgIpc) is 2.61. The number of hydrogen-bond donors (Lipinski definition) is 2. The molecule has 0 bridgehead atoms. The predicted octanol–water partition coefficient (Wildman–Crippen LogP) is 3.01. The zero-order valence-electron chi connectivity index (χ0n) is 14.5. The Balaban J connectivity index is 1.85. The molecule has 2 N–H and O–H groups in total. The molecule has 3 rings (SSSR count). The van der Waals surface area contributed by atoms with Crippen molar-refractivity contribution in [3.8, 4) is 11.5 Å². The highest BCUT2D eigenvalue weighted by molar-refractivity contribution is 7.87. The molecule has 0 aliphatic carbocycles. The van der Waals surface area contributed by atoms with Crippen molar-refractivity contribution < 1.29 is 31.7 Å². The summed E-state index contributed by atoms with van der Waals surface area (Å²) in [5.74, 6) is -0.262. The van der Waals surface area contributed by atoms with Gasteiger partial charge in [0.15, 0.2) is 6.61 Å². The van der Waals surface area contributed by atoms with E-state index in [0.29, 0.717) is 0 Å². The van der Waals surface area contributed by atoms with Crippen LogP contribution in [0.1, 0.15) is 6.92 Å². The molecule has 0 atom stereocenters. The van der Waals surface area contributed by atoms with Crippen molar-refractivity contribution in [3.63, 3.8) is 0 Å². The average molecular weight is 427 g/mol. The Bertz CT molecular complexity index is 1040. The number of carbonyl (C=O) groups is 2. The van der Waals surface area contributed by atoms with Gasteiger partial charge in [-0.3, -0.25) is 10.1 Å². The molecule has 0 spiro atoms. The molecule has 148 valence electrons. The standard InChI is InChI=1S/C17H15ClN2O7S/c1-2-25-17(22)19-10-4-3-5-11(6-10)27-28(23,24)15-8-14-13(7-12(15)18)20-16(21)9-26-14/h3-8H,2,9H2,1H3,(H,19,22)(H,20,21). The Labute approximate surface area is 165 Å². The van der Waals surface area contributed by atoms with E-state index in [0.717, 1.165) is 0 Å². The normalized spacial score (nSPS) is 13.0. The quantitative estimate of drug-likeness (QED) is 0.705. The van der Waals surface area contributed by atoms with Gasteiger partial charge in [-0.05, 0) is 25.1 Å². The fourth-order valence-corrected chi connectivity index (χ4v) is 3.80. The van der Waals surface area contributed by atoms with Gasteiger partial charge in [0.05, 0.1) is 17.3 Å². The fraction of sp³-hybridized carbons (Fsp3) is 0.176. The maximum absolute atomic E-state index is 12.6. The molecular weight excluding hydrogens is 412 g/mol. The summed E-state index contributed by atoms with van der Waals surface area (Å²) in [4.78, 5) is 22.5. The van der Waals surface area contributed by atoms with Crippen LogP contribution in [0.5, 0.6) is 11.5 Å². The molecule has 0 saturated heterocycles. The van der Waals surface area contributed by atoms with E-state index in [9.17, 15) is 18.0 Å². The lowest BCUT2D eigenvalue weighted by molar-refractivity contribution is -0.118. The molecule has 2 aromatic carbocycles. The Morgan fingerprint density at radius 3 is 2.86 bits per heavy atom. The van der Waals surface area contributed by atoms with Crippen LogP contribution in [0.2, 0.25) is 5.02 Å². The molecule has 1 heterocycles. The summed E-state index contributed by atoms with van der Waals surface area (Å²) < 4.78 is 40.4. The van der Waals surface area contributed by atoms with E-state index in [1.165, 1.54) is 30.3 Å². The molecule has 0 aromatic heterocycles. The lowest BCUT2D eigenvalue weighted by atomic mass is 10.2. The molecule has 11 heteroatoms.